The third kappa shape index (κ3) is 2.84. The van der Waals surface area contributed by atoms with Crippen LogP contribution in [-0.2, 0) is 4.74 Å². The molecule has 1 N–H and O–H groups in total. The standard InChI is InChI=1S/C16H32N2O/c1-6-16(7-2)11-18(14(10-17-16)13(3)4)15(5)8-9-19-12-15/h13-14,17H,6-12H2,1-5H3. The highest BCUT2D eigenvalue weighted by Gasteiger charge is 2.46. The Labute approximate surface area is 119 Å². The normalized spacial score (nSPS) is 36.0. The predicted molar refractivity (Wildman–Crippen MR) is 80.5 cm³/mol. The lowest BCUT2D eigenvalue weighted by Crippen LogP contribution is -2.69. The number of hydrogen-bond acceptors (Lipinski definition) is 3. The van der Waals surface area contributed by atoms with E-state index in [1.54, 1.807) is 0 Å². The van der Waals surface area contributed by atoms with Crippen LogP contribution in [0, 0.1) is 5.92 Å². The molecule has 0 aromatic heterocycles. The number of piperazine rings is 1. The van der Waals surface area contributed by atoms with Gasteiger partial charge in [0.15, 0.2) is 0 Å². The van der Waals surface area contributed by atoms with E-state index >= 15 is 0 Å². The van der Waals surface area contributed by atoms with Crippen molar-refractivity contribution >= 4 is 0 Å². The molecule has 0 saturated carbocycles. The van der Waals surface area contributed by atoms with Crippen LogP contribution in [0.3, 0.4) is 0 Å². The van der Waals surface area contributed by atoms with Crippen LogP contribution in [0.4, 0.5) is 0 Å². The van der Waals surface area contributed by atoms with Crippen molar-refractivity contribution in [3.05, 3.63) is 0 Å². The van der Waals surface area contributed by atoms with E-state index in [4.69, 9.17) is 4.74 Å². The summed E-state index contributed by atoms with van der Waals surface area (Å²) >= 11 is 0. The molecular formula is C16H32N2O. The van der Waals surface area contributed by atoms with Crippen molar-refractivity contribution < 1.29 is 4.74 Å². The van der Waals surface area contributed by atoms with Crippen LogP contribution in [0.25, 0.3) is 0 Å². The van der Waals surface area contributed by atoms with Gasteiger partial charge in [-0.05, 0) is 32.1 Å². The van der Waals surface area contributed by atoms with Gasteiger partial charge in [0.25, 0.3) is 0 Å². The zero-order valence-electron chi connectivity index (χ0n) is 13.5. The number of nitrogens with one attached hydrogen (secondary N) is 1. The summed E-state index contributed by atoms with van der Waals surface area (Å²) in [4.78, 5) is 2.77. The summed E-state index contributed by atoms with van der Waals surface area (Å²) in [5.41, 5.74) is 0.545. The fourth-order valence-corrected chi connectivity index (χ4v) is 3.72. The zero-order chi connectivity index (χ0) is 14.1. The van der Waals surface area contributed by atoms with Crippen molar-refractivity contribution in [1.29, 1.82) is 0 Å². The lowest BCUT2D eigenvalue weighted by atomic mass is 9.82. The van der Waals surface area contributed by atoms with Crippen molar-refractivity contribution in [2.45, 2.75) is 71.0 Å². The molecule has 112 valence electrons. The second kappa shape index (κ2) is 5.71. The molecule has 0 aromatic carbocycles. The van der Waals surface area contributed by atoms with Gasteiger partial charge in [0, 0.05) is 36.8 Å². The van der Waals surface area contributed by atoms with E-state index in [0.29, 0.717) is 17.5 Å². The molecule has 0 bridgehead atoms. The van der Waals surface area contributed by atoms with Crippen LogP contribution in [0.2, 0.25) is 0 Å². The van der Waals surface area contributed by atoms with Crippen LogP contribution in [0.15, 0.2) is 0 Å². The summed E-state index contributed by atoms with van der Waals surface area (Å²) in [6.07, 6.45) is 3.60. The largest absolute Gasteiger partial charge is 0.379 e. The van der Waals surface area contributed by atoms with E-state index in [1.165, 1.54) is 25.8 Å². The first-order valence-electron chi connectivity index (χ1n) is 8.06. The van der Waals surface area contributed by atoms with Crippen LogP contribution >= 0.6 is 0 Å². The second-order valence-corrected chi connectivity index (χ2v) is 7.11. The van der Waals surface area contributed by atoms with E-state index < -0.39 is 0 Å². The van der Waals surface area contributed by atoms with Gasteiger partial charge >= 0.3 is 0 Å². The predicted octanol–water partition coefficient (Wildman–Crippen LogP) is 2.65. The third-order valence-corrected chi connectivity index (χ3v) is 5.57. The first-order valence-corrected chi connectivity index (χ1v) is 8.06. The first-order chi connectivity index (χ1) is 8.96. The number of rotatable bonds is 4. The maximum Gasteiger partial charge on any atom is 0.0648 e. The Bertz CT molecular complexity index is 293. The first kappa shape index (κ1) is 15.3. The Morgan fingerprint density at radius 1 is 1.32 bits per heavy atom. The maximum atomic E-state index is 5.71. The maximum absolute atomic E-state index is 5.71. The Morgan fingerprint density at radius 2 is 2.00 bits per heavy atom. The summed E-state index contributed by atoms with van der Waals surface area (Å²) in [5, 5.41) is 3.85. The van der Waals surface area contributed by atoms with Crippen molar-refractivity contribution in [2.75, 3.05) is 26.3 Å². The summed E-state index contributed by atoms with van der Waals surface area (Å²) < 4.78 is 5.71. The minimum atomic E-state index is 0.243. The molecule has 2 unspecified atom stereocenters. The topological polar surface area (TPSA) is 24.5 Å². The molecule has 2 atom stereocenters. The molecule has 0 aliphatic carbocycles. The molecule has 3 nitrogen and oxygen atoms in total. The van der Waals surface area contributed by atoms with Crippen LogP contribution < -0.4 is 5.32 Å². The van der Waals surface area contributed by atoms with Gasteiger partial charge in [-0.3, -0.25) is 4.90 Å². The van der Waals surface area contributed by atoms with Crippen molar-refractivity contribution in [2.24, 2.45) is 5.92 Å². The summed E-state index contributed by atoms with van der Waals surface area (Å²) in [5.74, 6) is 0.691. The molecule has 3 heteroatoms. The molecule has 0 amide bonds. The zero-order valence-corrected chi connectivity index (χ0v) is 13.5. The van der Waals surface area contributed by atoms with Crippen molar-refractivity contribution in [1.82, 2.24) is 10.2 Å². The third-order valence-electron chi connectivity index (χ3n) is 5.57. The summed E-state index contributed by atoms with van der Waals surface area (Å²) in [7, 11) is 0. The van der Waals surface area contributed by atoms with Gasteiger partial charge in [-0.15, -0.1) is 0 Å². The van der Waals surface area contributed by atoms with Crippen molar-refractivity contribution in [3.8, 4) is 0 Å². The molecule has 2 heterocycles. The molecule has 2 aliphatic rings. The van der Waals surface area contributed by atoms with Crippen LogP contribution in [-0.4, -0.2) is 48.3 Å². The fourth-order valence-electron chi connectivity index (χ4n) is 3.72. The molecule has 2 rings (SSSR count). The molecule has 2 fully saturated rings. The van der Waals surface area contributed by atoms with Gasteiger partial charge in [0.05, 0.1) is 6.61 Å². The minimum absolute atomic E-state index is 0.243. The number of nitrogens with zero attached hydrogens (tertiary/aromatic N) is 1. The number of ether oxygens (including phenoxy) is 1. The quantitative estimate of drug-likeness (QED) is 0.848. The van der Waals surface area contributed by atoms with Gasteiger partial charge in [0.2, 0.25) is 0 Å². The van der Waals surface area contributed by atoms with Gasteiger partial charge < -0.3 is 10.1 Å². The Morgan fingerprint density at radius 3 is 2.47 bits per heavy atom. The van der Waals surface area contributed by atoms with Gasteiger partial charge in [0.1, 0.15) is 0 Å². The van der Waals surface area contributed by atoms with E-state index in [2.05, 4.69) is 44.8 Å². The molecule has 0 aromatic rings. The van der Waals surface area contributed by atoms with Crippen molar-refractivity contribution in [3.63, 3.8) is 0 Å². The fraction of sp³-hybridized carbons (Fsp3) is 1.00. The minimum Gasteiger partial charge on any atom is -0.379 e. The molecule has 2 saturated heterocycles. The summed E-state index contributed by atoms with van der Waals surface area (Å²) in [6, 6.07) is 0.637. The molecule has 19 heavy (non-hydrogen) atoms. The average Bonchev–Trinajstić information content (AvgIpc) is 2.86. The van der Waals surface area contributed by atoms with E-state index in [0.717, 1.165) is 19.8 Å². The Kier molecular flexibility index (Phi) is 4.59. The second-order valence-electron chi connectivity index (χ2n) is 7.11. The van der Waals surface area contributed by atoms with Gasteiger partial charge in [-0.1, -0.05) is 27.7 Å². The molecule has 0 radical (unpaired) electrons. The Balaban J connectivity index is 2.22. The van der Waals surface area contributed by atoms with E-state index in [-0.39, 0.29) is 5.54 Å². The smallest absolute Gasteiger partial charge is 0.0648 e. The average molecular weight is 268 g/mol. The SMILES string of the molecule is CCC1(CC)CN(C2(C)CCOC2)C(C(C)C)CN1. The van der Waals surface area contributed by atoms with E-state index in [1.807, 2.05) is 0 Å². The summed E-state index contributed by atoms with van der Waals surface area (Å²) in [6.45, 7) is 15.9. The molecule has 0 spiro atoms. The van der Waals surface area contributed by atoms with E-state index in [9.17, 15) is 0 Å². The van der Waals surface area contributed by atoms with Crippen LogP contribution in [0.5, 0.6) is 0 Å². The molecule has 2 aliphatic heterocycles. The van der Waals surface area contributed by atoms with Gasteiger partial charge in [-0.25, -0.2) is 0 Å². The lowest BCUT2D eigenvalue weighted by molar-refractivity contribution is -0.0316. The lowest BCUT2D eigenvalue weighted by Gasteiger charge is -2.54. The highest BCUT2D eigenvalue weighted by Crippen LogP contribution is 2.35. The Hall–Kier alpha value is -0.120. The highest BCUT2D eigenvalue weighted by molar-refractivity contribution is 5.04. The monoisotopic (exact) mass is 268 g/mol. The molecular weight excluding hydrogens is 236 g/mol. The number of hydrogen-bond donors (Lipinski definition) is 1. The van der Waals surface area contributed by atoms with Gasteiger partial charge in [-0.2, -0.15) is 0 Å². The highest BCUT2D eigenvalue weighted by atomic mass is 16.5. The van der Waals surface area contributed by atoms with Crippen LogP contribution in [0.1, 0.15) is 53.9 Å².